The van der Waals surface area contributed by atoms with Crippen molar-refractivity contribution in [1.29, 1.82) is 0 Å². The van der Waals surface area contributed by atoms with Gasteiger partial charge in [0, 0.05) is 18.3 Å². The largest absolute Gasteiger partial charge is 0.416 e. The van der Waals surface area contributed by atoms with E-state index in [1.54, 1.807) is 17.1 Å². The van der Waals surface area contributed by atoms with E-state index >= 15 is 0 Å². The van der Waals surface area contributed by atoms with E-state index in [1.165, 1.54) is 12.1 Å². The van der Waals surface area contributed by atoms with Gasteiger partial charge in [-0.3, -0.25) is 4.68 Å². The Hall–Kier alpha value is -1.82. The van der Waals surface area contributed by atoms with Crippen LogP contribution >= 0.6 is 0 Å². The summed E-state index contributed by atoms with van der Waals surface area (Å²) in [6.07, 6.45) is -0.0463. The fourth-order valence-corrected chi connectivity index (χ4v) is 1.74. The van der Waals surface area contributed by atoms with E-state index < -0.39 is 11.7 Å². The van der Waals surface area contributed by atoms with E-state index in [9.17, 15) is 13.2 Å². The van der Waals surface area contributed by atoms with Gasteiger partial charge in [0.05, 0.1) is 11.8 Å². The molecule has 0 spiro atoms. The molecule has 0 saturated carbocycles. The summed E-state index contributed by atoms with van der Waals surface area (Å²) in [5, 5.41) is 4.14. The Bertz CT molecular complexity index is 529. The van der Waals surface area contributed by atoms with Gasteiger partial charge in [-0.2, -0.15) is 18.3 Å². The predicted octanol–water partition coefficient (Wildman–Crippen LogP) is 2.92. The highest BCUT2D eigenvalue weighted by Crippen LogP contribution is 2.30. The molecular weight excluding hydrogens is 255 g/mol. The number of hydrogen-bond donors (Lipinski definition) is 1. The lowest BCUT2D eigenvalue weighted by Crippen LogP contribution is -2.05. The second kappa shape index (κ2) is 5.44. The number of halogens is 3. The molecule has 0 aliphatic rings. The highest BCUT2D eigenvalue weighted by molar-refractivity contribution is 5.62. The zero-order valence-electron chi connectivity index (χ0n) is 10.2. The van der Waals surface area contributed by atoms with Crippen LogP contribution in [0.5, 0.6) is 0 Å². The molecule has 0 atom stereocenters. The highest BCUT2D eigenvalue weighted by Gasteiger charge is 2.29. The first-order valence-electron chi connectivity index (χ1n) is 5.91. The maximum absolute atomic E-state index is 12.4. The van der Waals surface area contributed by atoms with Gasteiger partial charge < -0.3 is 5.73 Å². The van der Waals surface area contributed by atoms with Crippen LogP contribution in [0.2, 0.25) is 0 Å². The van der Waals surface area contributed by atoms with Crippen molar-refractivity contribution < 1.29 is 13.2 Å². The van der Waals surface area contributed by atoms with Gasteiger partial charge in [-0.05, 0) is 30.7 Å². The van der Waals surface area contributed by atoms with Gasteiger partial charge in [-0.15, -0.1) is 0 Å². The van der Waals surface area contributed by atoms with E-state index in [0.29, 0.717) is 18.7 Å². The molecule has 2 aromatic rings. The smallest absolute Gasteiger partial charge is 0.330 e. The Balaban J connectivity index is 2.16. The van der Waals surface area contributed by atoms with Crippen molar-refractivity contribution in [3.63, 3.8) is 0 Å². The van der Waals surface area contributed by atoms with E-state index in [2.05, 4.69) is 5.10 Å². The maximum atomic E-state index is 12.4. The second-order valence-electron chi connectivity index (χ2n) is 4.21. The number of aryl methyl sites for hydroxylation is 1. The molecule has 0 amide bonds. The lowest BCUT2D eigenvalue weighted by molar-refractivity contribution is -0.137. The van der Waals surface area contributed by atoms with Gasteiger partial charge >= 0.3 is 6.18 Å². The molecule has 0 fully saturated rings. The molecule has 0 unspecified atom stereocenters. The molecule has 19 heavy (non-hydrogen) atoms. The number of alkyl halides is 3. The summed E-state index contributed by atoms with van der Waals surface area (Å²) in [6, 6.07) is 5.05. The van der Waals surface area contributed by atoms with E-state index in [-0.39, 0.29) is 0 Å². The van der Waals surface area contributed by atoms with Crippen molar-refractivity contribution in [3.8, 4) is 11.1 Å². The van der Waals surface area contributed by atoms with Gasteiger partial charge in [0.1, 0.15) is 0 Å². The minimum Gasteiger partial charge on any atom is -0.330 e. The molecule has 0 radical (unpaired) electrons. The molecule has 6 heteroatoms. The average molecular weight is 269 g/mol. The summed E-state index contributed by atoms with van der Waals surface area (Å²) in [6.45, 7) is 1.28. The fourth-order valence-electron chi connectivity index (χ4n) is 1.74. The molecule has 102 valence electrons. The molecule has 1 heterocycles. The van der Waals surface area contributed by atoms with E-state index in [1.807, 2.05) is 0 Å². The standard InChI is InChI=1S/C13H14F3N3/c14-13(15,16)12-4-2-10(3-5-12)11-8-18-19(9-11)7-1-6-17/h2-5,8-9H,1,6-7,17H2. The lowest BCUT2D eigenvalue weighted by atomic mass is 10.1. The van der Waals surface area contributed by atoms with Crippen molar-refractivity contribution in [2.45, 2.75) is 19.1 Å². The number of nitrogens with two attached hydrogens (primary N) is 1. The van der Waals surface area contributed by atoms with Crippen molar-refractivity contribution in [2.24, 2.45) is 5.73 Å². The van der Waals surface area contributed by atoms with Crippen LogP contribution in [0.3, 0.4) is 0 Å². The van der Waals surface area contributed by atoms with E-state index in [0.717, 1.165) is 24.1 Å². The molecule has 0 bridgehead atoms. The number of benzene rings is 1. The first-order valence-corrected chi connectivity index (χ1v) is 5.91. The molecule has 2 N–H and O–H groups in total. The number of hydrogen-bond acceptors (Lipinski definition) is 2. The Morgan fingerprint density at radius 2 is 1.79 bits per heavy atom. The lowest BCUT2D eigenvalue weighted by Gasteiger charge is -2.06. The summed E-state index contributed by atoms with van der Waals surface area (Å²) in [5.41, 5.74) is 6.27. The molecule has 0 aliphatic carbocycles. The van der Waals surface area contributed by atoms with Crippen LogP contribution in [0.4, 0.5) is 13.2 Å². The molecule has 1 aromatic carbocycles. The number of nitrogens with zero attached hydrogens (tertiary/aromatic N) is 2. The third-order valence-electron chi connectivity index (χ3n) is 2.77. The minimum absolute atomic E-state index is 0.579. The molecule has 1 aromatic heterocycles. The summed E-state index contributed by atoms with van der Waals surface area (Å²) in [7, 11) is 0. The summed E-state index contributed by atoms with van der Waals surface area (Å²) < 4.78 is 39.0. The monoisotopic (exact) mass is 269 g/mol. The Labute approximate surface area is 108 Å². The van der Waals surface area contributed by atoms with Crippen LogP contribution in [0, 0.1) is 0 Å². The first kappa shape index (κ1) is 13.6. The molecule has 0 aliphatic heterocycles. The second-order valence-corrected chi connectivity index (χ2v) is 4.21. The minimum atomic E-state index is -4.30. The molecule has 3 nitrogen and oxygen atoms in total. The number of rotatable bonds is 4. The van der Waals surface area contributed by atoms with E-state index in [4.69, 9.17) is 5.73 Å². The normalized spacial score (nSPS) is 11.8. The van der Waals surface area contributed by atoms with Crippen LogP contribution in [0.25, 0.3) is 11.1 Å². The van der Waals surface area contributed by atoms with Crippen molar-refractivity contribution >= 4 is 0 Å². The topological polar surface area (TPSA) is 43.8 Å². The van der Waals surface area contributed by atoms with Crippen molar-refractivity contribution in [3.05, 3.63) is 42.2 Å². The Kier molecular flexibility index (Phi) is 3.90. The molecule has 2 rings (SSSR count). The number of aromatic nitrogens is 2. The summed E-state index contributed by atoms with van der Waals surface area (Å²) >= 11 is 0. The predicted molar refractivity (Wildman–Crippen MR) is 66.3 cm³/mol. The molecular formula is C13H14F3N3. The van der Waals surface area contributed by atoms with Gasteiger partial charge in [-0.25, -0.2) is 0 Å². The maximum Gasteiger partial charge on any atom is 0.416 e. The van der Waals surface area contributed by atoms with Crippen LogP contribution in [-0.2, 0) is 12.7 Å². The quantitative estimate of drug-likeness (QED) is 0.927. The van der Waals surface area contributed by atoms with Gasteiger partial charge in [0.2, 0.25) is 0 Å². The average Bonchev–Trinajstić information content (AvgIpc) is 2.84. The summed E-state index contributed by atoms with van der Waals surface area (Å²) in [4.78, 5) is 0. The highest BCUT2D eigenvalue weighted by atomic mass is 19.4. The van der Waals surface area contributed by atoms with Gasteiger partial charge in [-0.1, -0.05) is 12.1 Å². The van der Waals surface area contributed by atoms with Gasteiger partial charge in [0.25, 0.3) is 0 Å². The third kappa shape index (κ3) is 3.35. The zero-order chi connectivity index (χ0) is 13.9. The van der Waals surface area contributed by atoms with Crippen LogP contribution < -0.4 is 5.73 Å². The van der Waals surface area contributed by atoms with Crippen molar-refractivity contribution in [1.82, 2.24) is 9.78 Å². The summed E-state index contributed by atoms with van der Waals surface area (Å²) in [5.74, 6) is 0. The van der Waals surface area contributed by atoms with Crippen LogP contribution in [0.1, 0.15) is 12.0 Å². The van der Waals surface area contributed by atoms with Crippen LogP contribution in [0.15, 0.2) is 36.7 Å². The van der Waals surface area contributed by atoms with Crippen molar-refractivity contribution in [2.75, 3.05) is 6.54 Å². The Morgan fingerprint density at radius 3 is 2.37 bits per heavy atom. The molecule has 0 saturated heterocycles. The third-order valence-corrected chi connectivity index (χ3v) is 2.77. The van der Waals surface area contributed by atoms with Crippen LogP contribution in [-0.4, -0.2) is 16.3 Å². The van der Waals surface area contributed by atoms with Gasteiger partial charge in [0.15, 0.2) is 0 Å². The SMILES string of the molecule is NCCCn1cc(-c2ccc(C(F)(F)F)cc2)cn1. The Morgan fingerprint density at radius 1 is 1.11 bits per heavy atom. The fraction of sp³-hybridized carbons (Fsp3) is 0.308. The first-order chi connectivity index (χ1) is 9.00. The zero-order valence-corrected chi connectivity index (χ0v) is 10.2.